The quantitative estimate of drug-likeness (QED) is 0.456. The number of hydrogen-bond donors (Lipinski definition) is 2. The molecule has 0 bridgehead atoms. The molecule has 1 amide bonds. The van der Waals surface area contributed by atoms with Crippen molar-refractivity contribution in [3.8, 4) is 11.4 Å². The second-order valence-electron chi connectivity index (χ2n) is 8.34. The molecule has 5 rings (SSSR count). The van der Waals surface area contributed by atoms with Crippen molar-refractivity contribution in [2.24, 2.45) is 0 Å². The monoisotopic (exact) mass is 478 g/mol. The molecule has 0 saturated heterocycles. The van der Waals surface area contributed by atoms with Crippen LogP contribution >= 0.6 is 11.6 Å². The fourth-order valence-electron chi connectivity index (χ4n) is 4.30. The third-order valence-electron chi connectivity index (χ3n) is 6.05. The number of aromatic amines is 1. The van der Waals surface area contributed by atoms with Gasteiger partial charge in [-0.1, -0.05) is 30.2 Å². The molecule has 2 aromatic carbocycles. The molecule has 2 N–H and O–H groups in total. The molecule has 10 heteroatoms. The van der Waals surface area contributed by atoms with E-state index in [0.717, 1.165) is 38.1 Å². The number of benzene rings is 2. The fraction of sp³-hybridized carbons (Fsp3) is 0.292. The Hall–Kier alpha value is -3.72. The number of H-pyrrole nitrogens is 1. The van der Waals surface area contributed by atoms with Crippen molar-refractivity contribution in [2.45, 2.75) is 45.2 Å². The highest BCUT2D eigenvalue weighted by atomic mass is 35.5. The molecule has 0 radical (unpaired) electrons. The maximum absolute atomic E-state index is 12.6. The van der Waals surface area contributed by atoms with E-state index in [1.165, 1.54) is 4.68 Å². The van der Waals surface area contributed by atoms with E-state index < -0.39 is 0 Å². The van der Waals surface area contributed by atoms with E-state index in [4.69, 9.17) is 11.6 Å². The molecule has 4 aromatic rings. The van der Waals surface area contributed by atoms with E-state index in [9.17, 15) is 14.4 Å². The average molecular weight is 479 g/mol. The van der Waals surface area contributed by atoms with Gasteiger partial charge in [0.1, 0.15) is 5.82 Å². The van der Waals surface area contributed by atoms with Gasteiger partial charge in [-0.25, -0.2) is 4.68 Å². The van der Waals surface area contributed by atoms with E-state index in [0.29, 0.717) is 32.9 Å². The van der Waals surface area contributed by atoms with Gasteiger partial charge in [-0.2, -0.15) is 0 Å². The number of fused-ring (bicyclic) bond motifs is 2. The predicted molar refractivity (Wildman–Crippen MR) is 130 cm³/mol. The molecule has 0 fully saturated rings. The lowest BCUT2D eigenvalue weighted by atomic mass is 10.1. The molecular formula is C24H23ClN6O3. The molecule has 0 unspecified atom stereocenters. The lowest BCUT2D eigenvalue weighted by Gasteiger charge is -2.11. The van der Waals surface area contributed by atoms with Crippen LogP contribution in [0.4, 0.5) is 5.69 Å². The molecule has 1 aliphatic heterocycles. The summed E-state index contributed by atoms with van der Waals surface area (Å²) in [6.07, 6.45) is 4.19. The highest BCUT2D eigenvalue weighted by Gasteiger charge is 2.19. The maximum atomic E-state index is 12.6. The molecule has 1 aliphatic rings. The van der Waals surface area contributed by atoms with Crippen LogP contribution in [-0.2, 0) is 24.3 Å². The minimum Gasteiger partial charge on any atom is -0.326 e. The summed E-state index contributed by atoms with van der Waals surface area (Å²) in [6, 6.07) is 11.8. The fourth-order valence-corrected chi connectivity index (χ4v) is 4.50. The number of nitrogens with one attached hydrogen (secondary N) is 2. The molecule has 0 saturated carbocycles. The summed E-state index contributed by atoms with van der Waals surface area (Å²) in [5.74, 6) is 1.35. The largest absolute Gasteiger partial charge is 0.326 e. The van der Waals surface area contributed by atoms with Crippen molar-refractivity contribution in [3.63, 3.8) is 0 Å². The molecule has 34 heavy (non-hydrogen) atoms. The summed E-state index contributed by atoms with van der Waals surface area (Å²) in [5, 5.41) is 15.2. The minimum absolute atomic E-state index is 0.00643. The van der Waals surface area contributed by atoms with Crippen LogP contribution in [-0.4, -0.2) is 30.5 Å². The Balaban J connectivity index is 1.33. The van der Waals surface area contributed by atoms with Crippen LogP contribution in [0.25, 0.3) is 22.2 Å². The lowest BCUT2D eigenvalue weighted by molar-refractivity contribution is -0.116. The number of anilines is 1. The average Bonchev–Trinajstić information content (AvgIpc) is 3.09. The minimum atomic E-state index is -0.370. The number of amides is 1. The first-order chi connectivity index (χ1) is 16.5. The molecule has 0 aliphatic carbocycles. The van der Waals surface area contributed by atoms with Crippen LogP contribution in [0.5, 0.6) is 0 Å². The highest BCUT2D eigenvalue weighted by molar-refractivity contribution is 6.33. The number of hydrogen-bond acceptors (Lipinski definition) is 5. The number of carbonyl (C=O) groups is 1. The summed E-state index contributed by atoms with van der Waals surface area (Å²) in [5.41, 5.74) is 0.555. The first-order valence-corrected chi connectivity index (χ1v) is 11.6. The second kappa shape index (κ2) is 9.26. The zero-order valence-corrected chi connectivity index (χ0v) is 19.1. The molecular weight excluding hydrogens is 456 g/mol. The summed E-state index contributed by atoms with van der Waals surface area (Å²) in [6.45, 7) is 0.881. The van der Waals surface area contributed by atoms with E-state index in [1.807, 2.05) is 0 Å². The smallest absolute Gasteiger partial charge is 0.273 e. The van der Waals surface area contributed by atoms with Crippen LogP contribution in [0.2, 0.25) is 5.02 Å². The lowest BCUT2D eigenvalue weighted by Crippen LogP contribution is -2.31. The first kappa shape index (κ1) is 22.1. The van der Waals surface area contributed by atoms with Gasteiger partial charge in [-0.3, -0.25) is 19.5 Å². The highest BCUT2D eigenvalue weighted by Crippen LogP contribution is 2.31. The van der Waals surface area contributed by atoms with Crippen molar-refractivity contribution >= 4 is 34.0 Å². The van der Waals surface area contributed by atoms with Gasteiger partial charge in [-0.05, 0) is 43.2 Å². The van der Waals surface area contributed by atoms with E-state index in [2.05, 4.69) is 25.2 Å². The van der Waals surface area contributed by atoms with Gasteiger partial charge < -0.3 is 9.88 Å². The van der Waals surface area contributed by atoms with Gasteiger partial charge in [0.2, 0.25) is 5.91 Å². The van der Waals surface area contributed by atoms with Gasteiger partial charge in [0.25, 0.3) is 11.1 Å². The predicted octanol–water partition coefficient (Wildman–Crippen LogP) is 3.36. The Morgan fingerprint density at radius 3 is 2.74 bits per heavy atom. The topological polar surface area (TPSA) is 115 Å². The zero-order chi connectivity index (χ0) is 23.7. The number of carbonyl (C=O) groups excluding carboxylic acids is 1. The van der Waals surface area contributed by atoms with Gasteiger partial charge in [-0.15, -0.1) is 10.2 Å². The van der Waals surface area contributed by atoms with Crippen LogP contribution in [0.3, 0.4) is 0 Å². The third kappa shape index (κ3) is 4.26. The molecule has 0 atom stereocenters. The van der Waals surface area contributed by atoms with Gasteiger partial charge in [0.15, 0.2) is 5.82 Å². The molecule has 0 spiro atoms. The van der Waals surface area contributed by atoms with Crippen molar-refractivity contribution < 1.29 is 4.79 Å². The number of aromatic nitrogens is 5. The van der Waals surface area contributed by atoms with Crippen molar-refractivity contribution in [3.05, 3.63) is 74.0 Å². The summed E-state index contributed by atoms with van der Waals surface area (Å²) in [7, 11) is 0. The number of aryl methyl sites for hydroxylation is 2. The number of rotatable bonds is 5. The Labute approximate surface area is 199 Å². The summed E-state index contributed by atoms with van der Waals surface area (Å²) < 4.78 is 3.27. The van der Waals surface area contributed by atoms with E-state index in [-0.39, 0.29) is 30.0 Å². The van der Waals surface area contributed by atoms with Crippen molar-refractivity contribution in [1.82, 2.24) is 24.5 Å². The molecule has 2 aromatic heterocycles. The Morgan fingerprint density at radius 2 is 1.88 bits per heavy atom. The Bertz CT molecular complexity index is 1500. The first-order valence-electron chi connectivity index (χ1n) is 11.2. The summed E-state index contributed by atoms with van der Waals surface area (Å²) >= 11 is 6.46. The molecule has 174 valence electrons. The van der Waals surface area contributed by atoms with Crippen LogP contribution in [0, 0.1) is 0 Å². The normalized spacial score (nSPS) is 13.4. The van der Waals surface area contributed by atoms with Gasteiger partial charge in [0, 0.05) is 30.6 Å². The Morgan fingerprint density at radius 1 is 1.06 bits per heavy atom. The van der Waals surface area contributed by atoms with Gasteiger partial charge >= 0.3 is 0 Å². The van der Waals surface area contributed by atoms with E-state index in [1.54, 1.807) is 42.5 Å². The van der Waals surface area contributed by atoms with Gasteiger partial charge in [0.05, 0.1) is 22.3 Å². The summed E-state index contributed by atoms with van der Waals surface area (Å²) in [4.78, 5) is 37.5. The zero-order valence-electron chi connectivity index (χ0n) is 18.4. The number of nitrogens with zero attached hydrogens (tertiary/aromatic N) is 4. The number of halogens is 1. The Kier molecular flexibility index (Phi) is 6.02. The molecule has 3 heterocycles. The van der Waals surface area contributed by atoms with Crippen LogP contribution < -0.4 is 16.4 Å². The SMILES string of the molecule is O=C(CCn1[nH]c(=O)c2ccccc2c1=O)Nc1ccc(Cl)c(-c2nnc3n2CCCCC3)c1. The standard InChI is InChI=1S/C24H23ClN6O3/c25-19-10-9-15(14-18(19)22-28-27-20-8-2-1-5-12-30(20)22)26-21(32)11-13-31-24(34)17-7-4-3-6-16(17)23(33)29-31/h3-4,6-7,9-10,14H,1-2,5,8,11-13H2,(H,26,32)(H,29,33). The van der Waals surface area contributed by atoms with Crippen LogP contribution in [0.15, 0.2) is 52.1 Å². The maximum Gasteiger partial charge on any atom is 0.273 e. The van der Waals surface area contributed by atoms with E-state index >= 15 is 0 Å². The van der Waals surface area contributed by atoms with Crippen LogP contribution in [0.1, 0.15) is 31.5 Å². The molecule has 9 nitrogen and oxygen atoms in total. The second-order valence-corrected chi connectivity index (χ2v) is 8.75. The van der Waals surface area contributed by atoms with Crippen molar-refractivity contribution in [2.75, 3.05) is 5.32 Å². The van der Waals surface area contributed by atoms with Crippen molar-refractivity contribution in [1.29, 1.82) is 0 Å². The third-order valence-corrected chi connectivity index (χ3v) is 6.38.